The summed E-state index contributed by atoms with van der Waals surface area (Å²) in [5.74, 6) is 2.12. The molecule has 3 rings (SSSR count). The summed E-state index contributed by atoms with van der Waals surface area (Å²) in [6, 6.07) is 0. The van der Waals surface area contributed by atoms with Gasteiger partial charge in [0.2, 0.25) is 0 Å². The first-order valence-corrected chi connectivity index (χ1v) is 7.26. The van der Waals surface area contributed by atoms with Crippen molar-refractivity contribution in [1.82, 2.24) is 14.8 Å². The Labute approximate surface area is 113 Å². The van der Waals surface area contributed by atoms with Gasteiger partial charge in [0.05, 0.1) is 6.61 Å². The molecule has 0 unspecified atom stereocenters. The average Bonchev–Trinajstić information content (AvgIpc) is 2.98. The predicted octanol–water partition coefficient (Wildman–Crippen LogP) is 2.07. The molecule has 0 saturated heterocycles. The monoisotopic (exact) mass is 263 g/mol. The summed E-state index contributed by atoms with van der Waals surface area (Å²) >= 11 is 0. The molecule has 104 valence electrons. The summed E-state index contributed by atoms with van der Waals surface area (Å²) in [6.45, 7) is 2.28. The Bertz CT molecular complexity index is 485. The molecule has 1 aromatic rings. The zero-order valence-corrected chi connectivity index (χ0v) is 11.7. The number of aromatic nitrogens is 3. The first-order chi connectivity index (χ1) is 9.17. The van der Waals surface area contributed by atoms with E-state index in [0.717, 1.165) is 37.3 Å². The lowest BCUT2D eigenvalue weighted by Gasteiger charge is -2.24. The lowest BCUT2D eigenvalue weighted by molar-refractivity contribution is -0.150. The average molecular weight is 263 g/mol. The maximum absolute atomic E-state index is 12.4. The molecular weight excluding hydrogens is 242 g/mol. The highest BCUT2D eigenvalue weighted by atomic mass is 16.5. The van der Waals surface area contributed by atoms with Crippen molar-refractivity contribution in [1.29, 1.82) is 0 Å². The summed E-state index contributed by atoms with van der Waals surface area (Å²) < 4.78 is 7.11. The molecule has 0 aliphatic heterocycles. The van der Waals surface area contributed by atoms with Crippen LogP contribution in [0.5, 0.6) is 0 Å². The van der Waals surface area contributed by atoms with Crippen LogP contribution in [0.25, 0.3) is 0 Å². The number of nitrogens with zero attached hydrogens (tertiary/aromatic N) is 3. The topological polar surface area (TPSA) is 57.0 Å². The van der Waals surface area contributed by atoms with Gasteiger partial charge in [-0.3, -0.25) is 9.48 Å². The van der Waals surface area contributed by atoms with E-state index in [4.69, 9.17) is 4.74 Å². The van der Waals surface area contributed by atoms with Crippen LogP contribution >= 0.6 is 0 Å². The quantitative estimate of drug-likeness (QED) is 0.780. The number of carbonyl (C=O) groups is 1. The highest BCUT2D eigenvalue weighted by Crippen LogP contribution is 2.43. The zero-order chi connectivity index (χ0) is 13.5. The Morgan fingerprint density at radius 2 is 2.11 bits per heavy atom. The van der Waals surface area contributed by atoms with Crippen molar-refractivity contribution in [3.05, 3.63) is 11.6 Å². The fourth-order valence-electron chi connectivity index (χ4n) is 3.10. The van der Waals surface area contributed by atoms with Gasteiger partial charge >= 0.3 is 5.97 Å². The summed E-state index contributed by atoms with van der Waals surface area (Å²) in [4.78, 5) is 17.1. The van der Waals surface area contributed by atoms with E-state index in [1.54, 1.807) is 4.68 Å². The number of esters is 1. The maximum atomic E-state index is 12.4. The fraction of sp³-hybridized carbons (Fsp3) is 0.786. The Hall–Kier alpha value is -1.39. The van der Waals surface area contributed by atoms with Crippen molar-refractivity contribution in [2.45, 2.75) is 56.8 Å². The second kappa shape index (κ2) is 4.62. The SMILES string of the molecule is CCOC(=O)C1(c2nc(C3CC3)nn2C)CCCC1. The second-order valence-corrected chi connectivity index (χ2v) is 5.70. The molecule has 0 aromatic carbocycles. The molecule has 5 heteroatoms. The molecule has 0 spiro atoms. The molecule has 0 bridgehead atoms. The van der Waals surface area contributed by atoms with Crippen molar-refractivity contribution in [2.75, 3.05) is 6.61 Å². The van der Waals surface area contributed by atoms with Crippen LogP contribution in [-0.2, 0) is 22.0 Å². The van der Waals surface area contributed by atoms with Crippen LogP contribution < -0.4 is 0 Å². The minimum absolute atomic E-state index is 0.120. The van der Waals surface area contributed by atoms with Crippen LogP contribution in [0.3, 0.4) is 0 Å². The van der Waals surface area contributed by atoms with E-state index in [9.17, 15) is 4.79 Å². The third-order valence-electron chi connectivity index (χ3n) is 4.27. The molecule has 0 amide bonds. The van der Waals surface area contributed by atoms with Gasteiger partial charge in [-0.15, -0.1) is 0 Å². The third kappa shape index (κ3) is 2.05. The highest BCUT2D eigenvalue weighted by molar-refractivity contribution is 5.82. The van der Waals surface area contributed by atoms with Gasteiger partial charge in [-0.05, 0) is 32.6 Å². The molecule has 19 heavy (non-hydrogen) atoms. The van der Waals surface area contributed by atoms with Gasteiger partial charge in [0.25, 0.3) is 0 Å². The van der Waals surface area contributed by atoms with Gasteiger partial charge in [-0.2, -0.15) is 5.10 Å². The Balaban J connectivity index is 1.97. The van der Waals surface area contributed by atoms with E-state index in [0.29, 0.717) is 12.5 Å². The van der Waals surface area contributed by atoms with Gasteiger partial charge in [0.1, 0.15) is 11.2 Å². The van der Waals surface area contributed by atoms with Gasteiger partial charge in [0.15, 0.2) is 5.82 Å². The lowest BCUT2D eigenvalue weighted by atomic mass is 9.85. The normalized spacial score (nSPS) is 21.6. The number of rotatable bonds is 4. The van der Waals surface area contributed by atoms with E-state index in [1.165, 1.54) is 12.8 Å². The number of hydrogen-bond donors (Lipinski definition) is 0. The molecule has 0 radical (unpaired) electrons. The molecule has 2 aliphatic rings. The van der Waals surface area contributed by atoms with Gasteiger partial charge < -0.3 is 4.74 Å². The molecule has 5 nitrogen and oxygen atoms in total. The van der Waals surface area contributed by atoms with Crippen LogP contribution in [0.15, 0.2) is 0 Å². The van der Waals surface area contributed by atoms with Crippen LogP contribution in [0, 0.1) is 0 Å². The van der Waals surface area contributed by atoms with E-state index in [-0.39, 0.29) is 5.97 Å². The smallest absolute Gasteiger partial charge is 0.319 e. The fourth-order valence-corrected chi connectivity index (χ4v) is 3.10. The van der Waals surface area contributed by atoms with E-state index in [1.807, 2.05) is 14.0 Å². The molecule has 0 atom stereocenters. The standard InChI is InChI=1S/C14H21N3O2/c1-3-19-13(18)14(8-4-5-9-14)12-15-11(10-6-7-10)16-17(12)2/h10H,3-9H2,1-2H3. The molecular formula is C14H21N3O2. The van der Waals surface area contributed by atoms with Gasteiger partial charge in [-0.1, -0.05) is 12.8 Å². The van der Waals surface area contributed by atoms with Crippen molar-refractivity contribution in [3.8, 4) is 0 Å². The van der Waals surface area contributed by atoms with Crippen molar-refractivity contribution in [3.63, 3.8) is 0 Å². The van der Waals surface area contributed by atoms with E-state index >= 15 is 0 Å². The summed E-state index contributed by atoms with van der Waals surface area (Å²) in [6.07, 6.45) is 6.14. The summed E-state index contributed by atoms with van der Waals surface area (Å²) in [7, 11) is 1.90. The predicted molar refractivity (Wildman–Crippen MR) is 69.8 cm³/mol. The first kappa shape index (κ1) is 12.6. The Morgan fingerprint density at radius 3 is 2.68 bits per heavy atom. The second-order valence-electron chi connectivity index (χ2n) is 5.70. The first-order valence-electron chi connectivity index (χ1n) is 7.26. The van der Waals surface area contributed by atoms with Gasteiger partial charge in [0, 0.05) is 13.0 Å². The van der Waals surface area contributed by atoms with Crippen molar-refractivity contribution >= 4 is 5.97 Å². The van der Waals surface area contributed by atoms with E-state index < -0.39 is 5.41 Å². The maximum Gasteiger partial charge on any atom is 0.319 e. The minimum Gasteiger partial charge on any atom is -0.465 e. The largest absolute Gasteiger partial charge is 0.465 e. The van der Waals surface area contributed by atoms with Crippen LogP contribution in [0.2, 0.25) is 0 Å². The Morgan fingerprint density at radius 1 is 1.42 bits per heavy atom. The van der Waals surface area contributed by atoms with Crippen LogP contribution in [-0.4, -0.2) is 27.3 Å². The van der Waals surface area contributed by atoms with E-state index in [2.05, 4.69) is 10.1 Å². The van der Waals surface area contributed by atoms with Crippen LogP contribution in [0.4, 0.5) is 0 Å². The third-order valence-corrected chi connectivity index (χ3v) is 4.27. The summed E-state index contributed by atoms with van der Waals surface area (Å²) in [5.41, 5.74) is -0.551. The lowest BCUT2D eigenvalue weighted by Crippen LogP contribution is -2.37. The number of carbonyl (C=O) groups excluding carboxylic acids is 1. The molecule has 1 aromatic heterocycles. The van der Waals surface area contributed by atoms with Crippen molar-refractivity contribution in [2.24, 2.45) is 7.05 Å². The molecule has 2 aliphatic carbocycles. The van der Waals surface area contributed by atoms with Crippen molar-refractivity contribution < 1.29 is 9.53 Å². The summed E-state index contributed by atoms with van der Waals surface area (Å²) in [5, 5.41) is 4.50. The molecule has 2 saturated carbocycles. The number of aryl methyl sites for hydroxylation is 1. The zero-order valence-electron chi connectivity index (χ0n) is 11.7. The van der Waals surface area contributed by atoms with Gasteiger partial charge in [-0.25, -0.2) is 4.98 Å². The molecule has 2 fully saturated rings. The number of hydrogen-bond acceptors (Lipinski definition) is 4. The highest BCUT2D eigenvalue weighted by Gasteiger charge is 2.48. The van der Waals surface area contributed by atoms with Crippen LogP contribution in [0.1, 0.15) is 63.0 Å². The molecule has 1 heterocycles. The Kier molecular flexibility index (Phi) is 3.07. The molecule has 0 N–H and O–H groups in total. The minimum atomic E-state index is -0.551. The number of ether oxygens (including phenoxy) is 1.